The number of aromatic nitrogens is 2. The molecule has 0 unspecified atom stereocenters. The van der Waals surface area contributed by atoms with Crippen molar-refractivity contribution >= 4 is 0 Å². The first-order valence-electron chi connectivity index (χ1n) is 5.22. The lowest BCUT2D eigenvalue weighted by Gasteiger charge is -2.14. The van der Waals surface area contributed by atoms with Crippen LogP contribution in [-0.4, -0.2) is 21.9 Å². The van der Waals surface area contributed by atoms with E-state index < -0.39 is 0 Å². The molecule has 4 heteroatoms. The van der Waals surface area contributed by atoms with Gasteiger partial charge in [0, 0.05) is 32.4 Å². The minimum absolute atomic E-state index is 0.715. The van der Waals surface area contributed by atoms with Gasteiger partial charge >= 0.3 is 0 Å². The Balaban J connectivity index is 1.92. The molecule has 0 aliphatic rings. The molecule has 0 radical (unpaired) electrons. The second-order valence-corrected chi connectivity index (χ2v) is 3.89. The molecule has 2 heterocycles. The summed E-state index contributed by atoms with van der Waals surface area (Å²) in [6, 6.07) is 4.04. The van der Waals surface area contributed by atoms with Crippen molar-refractivity contribution in [2.75, 3.05) is 7.05 Å². The number of hydrogen-bond acceptors (Lipinski definition) is 4. The minimum Gasteiger partial charge on any atom is -0.449 e. The molecule has 0 fully saturated rings. The number of oxazole rings is 1. The maximum atomic E-state index is 5.17. The average Bonchev–Trinajstić information content (AvgIpc) is 2.65. The first-order chi connectivity index (χ1) is 7.74. The summed E-state index contributed by atoms with van der Waals surface area (Å²) in [5.41, 5.74) is 2.21. The van der Waals surface area contributed by atoms with E-state index in [1.54, 1.807) is 6.26 Å². The number of rotatable bonds is 4. The second kappa shape index (κ2) is 4.90. The van der Waals surface area contributed by atoms with Crippen LogP contribution in [0.1, 0.15) is 17.1 Å². The molecule has 0 aliphatic heterocycles. The first-order valence-corrected chi connectivity index (χ1v) is 5.22. The lowest BCUT2D eigenvalue weighted by Crippen LogP contribution is -2.17. The van der Waals surface area contributed by atoms with E-state index in [2.05, 4.69) is 21.9 Å². The molecule has 0 saturated heterocycles. The third-order valence-electron chi connectivity index (χ3n) is 2.30. The van der Waals surface area contributed by atoms with Crippen LogP contribution in [0.25, 0.3) is 0 Å². The molecule has 0 bridgehead atoms. The van der Waals surface area contributed by atoms with E-state index in [-0.39, 0.29) is 0 Å². The number of aryl methyl sites for hydroxylation is 1. The summed E-state index contributed by atoms with van der Waals surface area (Å²) < 4.78 is 5.17. The van der Waals surface area contributed by atoms with Gasteiger partial charge in [-0.25, -0.2) is 4.98 Å². The normalized spacial score (nSPS) is 10.9. The molecule has 2 aromatic rings. The van der Waals surface area contributed by atoms with Crippen LogP contribution in [-0.2, 0) is 13.1 Å². The molecule has 4 nitrogen and oxygen atoms in total. The van der Waals surface area contributed by atoms with Gasteiger partial charge in [-0.05, 0) is 24.7 Å². The van der Waals surface area contributed by atoms with Gasteiger partial charge in [0.2, 0.25) is 0 Å². The van der Waals surface area contributed by atoms with Gasteiger partial charge in [-0.3, -0.25) is 9.88 Å². The fourth-order valence-corrected chi connectivity index (χ4v) is 1.61. The van der Waals surface area contributed by atoms with E-state index in [0.29, 0.717) is 5.89 Å². The summed E-state index contributed by atoms with van der Waals surface area (Å²) in [7, 11) is 2.06. The molecule has 0 atom stereocenters. The van der Waals surface area contributed by atoms with Crippen LogP contribution in [0.4, 0.5) is 0 Å². The van der Waals surface area contributed by atoms with Crippen molar-refractivity contribution in [3.05, 3.63) is 47.9 Å². The van der Waals surface area contributed by atoms with Crippen LogP contribution in [0.5, 0.6) is 0 Å². The minimum atomic E-state index is 0.715. The van der Waals surface area contributed by atoms with Gasteiger partial charge in [0.1, 0.15) is 6.26 Å². The topological polar surface area (TPSA) is 42.2 Å². The van der Waals surface area contributed by atoms with E-state index in [1.165, 1.54) is 5.56 Å². The van der Waals surface area contributed by atoms with Crippen molar-refractivity contribution in [3.63, 3.8) is 0 Å². The summed E-state index contributed by atoms with van der Waals surface area (Å²) in [6.45, 7) is 3.53. The molecule has 0 spiro atoms. The van der Waals surface area contributed by atoms with Crippen molar-refractivity contribution in [2.45, 2.75) is 20.0 Å². The monoisotopic (exact) mass is 217 g/mol. The summed E-state index contributed by atoms with van der Waals surface area (Å²) in [4.78, 5) is 10.5. The van der Waals surface area contributed by atoms with Crippen molar-refractivity contribution in [2.24, 2.45) is 0 Å². The predicted octanol–water partition coefficient (Wildman–Crippen LogP) is 2.01. The summed E-state index contributed by atoms with van der Waals surface area (Å²) in [5.74, 6) is 0.715. The highest BCUT2D eigenvalue weighted by molar-refractivity contribution is 5.09. The van der Waals surface area contributed by atoms with Crippen LogP contribution >= 0.6 is 0 Å². The largest absolute Gasteiger partial charge is 0.449 e. The Morgan fingerprint density at radius 3 is 2.62 bits per heavy atom. The van der Waals surface area contributed by atoms with Crippen LogP contribution in [0.3, 0.4) is 0 Å². The summed E-state index contributed by atoms with van der Waals surface area (Å²) >= 11 is 0. The van der Waals surface area contributed by atoms with Crippen molar-refractivity contribution in [1.82, 2.24) is 14.9 Å². The molecular weight excluding hydrogens is 202 g/mol. The number of hydrogen-bond donors (Lipinski definition) is 0. The zero-order chi connectivity index (χ0) is 11.4. The van der Waals surface area contributed by atoms with Crippen LogP contribution in [0.2, 0.25) is 0 Å². The van der Waals surface area contributed by atoms with Crippen LogP contribution < -0.4 is 0 Å². The third-order valence-corrected chi connectivity index (χ3v) is 2.30. The molecule has 84 valence electrons. The Morgan fingerprint density at radius 1 is 1.25 bits per heavy atom. The van der Waals surface area contributed by atoms with Crippen molar-refractivity contribution in [1.29, 1.82) is 0 Å². The zero-order valence-electron chi connectivity index (χ0n) is 9.55. The molecule has 0 aromatic carbocycles. The fraction of sp³-hybridized carbons (Fsp3) is 0.333. The van der Waals surface area contributed by atoms with Gasteiger partial charge in [0.15, 0.2) is 5.89 Å². The highest BCUT2D eigenvalue weighted by Crippen LogP contribution is 2.07. The zero-order valence-corrected chi connectivity index (χ0v) is 9.55. The fourth-order valence-electron chi connectivity index (χ4n) is 1.61. The third kappa shape index (κ3) is 2.90. The van der Waals surface area contributed by atoms with Crippen molar-refractivity contribution < 1.29 is 4.42 Å². The maximum Gasteiger partial charge on any atom is 0.191 e. The average molecular weight is 217 g/mol. The summed E-state index contributed by atoms with van der Waals surface area (Å²) in [5, 5.41) is 0. The molecule has 2 aromatic heterocycles. The molecule has 2 rings (SSSR count). The smallest absolute Gasteiger partial charge is 0.191 e. The highest BCUT2D eigenvalue weighted by Gasteiger charge is 2.04. The lowest BCUT2D eigenvalue weighted by molar-refractivity contribution is 0.314. The van der Waals surface area contributed by atoms with Gasteiger partial charge in [-0.15, -0.1) is 0 Å². The van der Waals surface area contributed by atoms with Gasteiger partial charge < -0.3 is 4.42 Å². The van der Waals surface area contributed by atoms with E-state index in [4.69, 9.17) is 4.42 Å². The van der Waals surface area contributed by atoms with E-state index >= 15 is 0 Å². The molecule has 0 saturated carbocycles. The van der Waals surface area contributed by atoms with Gasteiger partial charge in [-0.2, -0.15) is 0 Å². The molecule has 16 heavy (non-hydrogen) atoms. The van der Waals surface area contributed by atoms with E-state index in [1.807, 2.05) is 31.5 Å². The van der Waals surface area contributed by atoms with E-state index in [0.717, 1.165) is 18.8 Å². The summed E-state index contributed by atoms with van der Waals surface area (Å²) in [6.07, 6.45) is 5.32. The Morgan fingerprint density at radius 2 is 2.00 bits per heavy atom. The van der Waals surface area contributed by atoms with Gasteiger partial charge in [0.25, 0.3) is 0 Å². The maximum absolute atomic E-state index is 5.17. The van der Waals surface area contributed by atoms with Gasteiger partial charge in [0.05, 0.1) is 5.69 Å². The Hall–Kier alpha value is -1.68. The quantitative estimate of drug-likeness (QED) is 0.785. The lowest BCUT2D eigenvalue weighted by atomic mass is 10.2. The van der Waals surface area contributed by atoms with Crippen LogP contribution in [0, 0.1) is 6.92 Å². The first kappa shape index (κ1) is 10.8. The Bertz CT molecular complexity index is 439. The molecule has 0 N–H and O–H groups in total. The van der Waals surface area contributed by atoms with Crippen LogP contribution in [0.15, 0.2) is 35.2 Å². The number of nitrogens with zero attached hydrogens (tertiary/aromatic N) is 3. The predicted molar refractivity (Wildman–Crippen MR) is 60.6 cm³/mol. The highest BCUT2D eigenvalue weighted by atomic mass is 16.3. The SMILES string of the molecule is Cc1nc(CN(C)Cc2ccncc2)co1. The van der Waals surface area contributed by atoms with Crippen molar-refractivity contribution in [3.8, 4) is 0 Å². The standard InChI is InChI=1S/C12H15N3O/c1-10-14-12(9-16-10)8-15(2)7-11-3-5-13-6-4-11/h3-6,9H,7-8H2,1-2H3. The number of pyridine rings is 1. The molecular formula is C12H15N3O. The molecule has 0 aliphatic carbocycles. The second-order valence-electron chi connectivity index (χ2n) is 3.89. The Kier molecular flexibility index (Phi) is 3.31. The van der Waals surface area contributed by atoms with E-state index in [9.17, 15) is 0 Å². The molecule has 0 amide bonds. The van der Waals surface area contributed by atoms with Gasteiger partial charge in [-0.1, -0.05) is 0 Å². The Labute approximate surface area is 94.9 Å².